The molecule has 118 valence electrons. The molecule has 0 saturated carbocycles. The number of anilines is 1. The first-order valence-electron chi connectivity index (χ1n) is 7.68. The van der Waals surface area contributed by atoms with E-state index in [1.165, 1.54) is 0 Å². The second-order valence-corrected chi connectivity index (χ2v) is 5.77. The van der Waals surface area contributed by atoms with Gasteiger partial charge in [-0.3, -0.25) is 9.88 Å². The van der Waals surface area contributed by atoms with Crippen molar-refractivity contribution in [2.75, 3.05) is 31.1 Å². The van der Waals surface area contributed by atoms with E-state index in [4.69, 9.17) is 4.52 Å². The quantitative estimate of drug-likeness (QED) is 0.850. The zero-order valence-corrected chi connectivity index (χ0v) is 13.4. The Hall–Kier alpha value is -2.02. The van der Waals surface area contributed by atoms with Crippen LogP contribution >= 0.6 is 0 Å². The Morgan fingerprint density at radius 3 is 2.73 bits per heavy atom. The lowest BCUT2D eigenvalue weighted by atomic mass is 10.3. The van der Waals surface area contributed by atoms with Crippen LogP contribution in [0, 0.1) is 20.8 Å². The van der Waals surface area contributed by atoms with Gasteiger partial charge < -0.3 is 9.42 Å². The third-order valence-electron chi connectivity index (χ3n) is 3.87. The minimum absolute atomic E-state index is 0.622. The maximum atomic E-state index is 5.04. The average molecular weight is 302 g/mol. The minimum Gasteiger partial charge on any atom is -0.354 e. The second kappa shape index (κ2) is 6.39. The van der Waals surface area contributed by atoms with Crippen molar-refractivity contribution in [1.82, 2.24) is 25.0 Å². The molecule has 0 bridgehead atoms. The highest BCUT2D eigenvalue weighted by Gasteiger charge is 2.19. The van der Waals surface area contributed by atoms with E-state index in [0.29, 0.717) is 5.89 Å². The summed E-state index contributed by atoms with van der Waals surface area (Å²) in [6.45, 7) is 10.5. The molecule has 0 spiro atoms. The van der Waals surface area contributed by atoms with Gasteiger partial charge in [0.2, 0.25) is 5.89 Å². The van der Waals surface area contributed by atoms with Crippen molar-refractivity contribution in [3.05, 3.63) is 29.3 Å². The molecule has 0 aromatic carbocycles. The molecule has 7 nitrogen and oxygen atoms in total. The summed E-state index contributed by atoms with van der Waals surface area (Å²) < 4.78 is 5.04. The summed E-state index contributed by atoms with van der Waals surface area (Å²) in [5.74, 6) is 2.40. The molecule has 0 aliphatic carbocycles. The van der Waals surface area contributed by atoms with Crippen LogP contribution in [0.2, 0.25) is 0 Å². The fraction of sp³-hybridized carbons (Fsp3) is 0.600. The largest absolute Gasteiger partial charge is 0.354 e. The first kappa shape index (κ1) is 14.9. The predicted molar refractivity (Wildman–Crippen MR) is 82.6 cm³/mol. The number of hydrogen-bond acceptors (Lipinski definition) is 7. The topological polar surface area (TPSA) is 71.2 Å². The van der Waals surface area contributed by atoms with Gasteiger partial charge in [-0.2, -0.15) is 4.98 Å². The van der Waals surface area contributed by atoms with Crippen molar-refractivity contribution in [2.45, 2.75) is 33.7 Å². The number of aromatic nitrogens is 4. The Bertz CT molecular complexity index is 641. The molecule has 3 heterocycles. The summed E-state index contributed by atoms with van der Waals surface area (Å²) in [6, 6.07) is 0. The van der Waals surface area contributed by atoms with E-state index in [2.05, 4.69) is 29.9 Å². The van der Waals surface area contributed by atoms with Crippen LogP contribution in [-0.2, 0) is 6.54 Å². The van der Waals surface area contributed by atoms with Gasteiger partial charge in [-0.15, -0.1) is 0 Å². The monoisotopic (exact) mass is 302 g/mol. The van der Waals surface area contributed by atoms with Crippen LogP contribution in [0.25, 0.3) is 0 Å². The maximum Gasteiger partial charge on any atom is 0.223 e. The molecule has 0 amide bonds. The van der Waals surface area contributed by atoms with Gasteiger partial charge in [0.05, 0.1) is 17.9 Å². The van der Waals surface area contributed by atoms with E-state index >= 15 is 0 Å². The smallest absolute Gasteiger partial charge is 0.223 e. The van der Waals surface area contributed by atoms with Gasteiger partial charge in [0.25, 0.3) is 0 Å². The predicted octanol–water partition coefficient (Wildman–Crippen LogP) is 1.50. The van der Waals surface area contributed by atoms with Gasteiger partial charge in [0.1, 0.15) is 5.82 Å². The van der Waals surface area contributed by atoms with E-state index in [-0.39, 0.29) is 0 Å². The van der Waals surface area contributed by atoms with E-state index in [9.17, 15) is 0 Å². The SMILES string of the molecule is Cc1cnc(C)c(N2CCCN(Cc3noc(C)n3)CC2)n1. The molecule has 1 saturated heterocycles. The number of rotatable bonds is 3. The summed E-state index contributed by atoms with van der Waals surface area (Å²) in [6.07, 6.45) is 2.91. The van der Waals surface area contributed by atoms with Crippen molar-refractivity contribution in [2.24, 2.45) is 0 Å². The average Bonchev–Trinajstić information content (AvgIpc) is 2.76. The third-order valence-corrected chi connectivity index (χ3v) is 3.87. The number of nitrogens with zero attached hydrogens (tertiary/aromatic N) is 6. The molecule has 0 unspecified atom stereocenters. The van der Waals surface area contributed by atoms with Crippen LogP contribution in [-0.4, -0.2) is 51.2 Å². The fourth-order valence-electron chi connectivity index (χ4n) is 2.77. The van der Waals surface area contributed by atoms with E-state index in [0.717, 1.165) is 62.2 Å². The highest BCUT2D eigenvalue weighted by atomic mass is 16.5. The molecule has 0 atom stereocenters. The highest BCUT2D eigenvalue weighted by Crippen LogP contribution is 2.18. The molecular weight excluding hydrogens is 280 g/mol. The summed E-state index contributed by atoms with van der Waals surface area (Å²) >= 11 is 0. The summed E-state index contributed by atoms with van der Waals surface area (Å²) in [5.41, 5.74) is 1.96. The molecule has 7 heteroatoms. The van der Waals surface area contributed by atoms with Crippen molar-refractivity contribution < 1.29 is 4.52 Å². The van der Waals surface area contributed by atoms with Gasteiger partial charge in [-0.25, -0.2) is 4.98 Å². The summed E-state index contributed by atoms with van der Waals surface area (Å²) in [4.78, 5) is 18.1. The van der Waals surface area contributed by atoms with E-state index in [1.807, 2.05) is 27.0 Å². The zero-order chi connectivity index (χ0) is 15.5. The lowest BCUT2D eigenvalue weighted by Crippen LogP contribution is -2.31. The fourth-order valence-corrected chi connectivity index (χ4v) is 2.77. The molecule has 1 aliphatic heterocycles. The lowest BCUT2D eigenvalue weighted by molar-refractivity contribution is 0.272. The molecular formula is C15H22N6O. The Labute approximate surface area is 130 Å². The Morgan fingerprint density at radius 2 is 1.95 bits per heavy atom. The van der Waals surface area contributed by atoms with Gasteiger partial charge in [0.15, 0.2) is 5.82 Å². The number of hydrogen-bond donors (Lipinski definition) is 0. The zero-order valence-electron chi connectivity index (χ0n) is 13.4. The molecule has 0 N–H and O–H groups in total. The summed E-state index contributed by atoms with van der Waals surface area (Å²) in [7, 11) is 0. The molecule has 1 fully saturated rings. The third kappa shape index (κ3) is 3.41. The van der Waals surface area contributed by atoms with Crippen LogP contribution in [0.1, 0.15) is 29.5 Å². The molecule has 3 rings (SSSR count). The first-order valence-corrected chi connectivity index (χ1v) is 7.68. The van der Waals surface area contributed by atoms with Gasteiger partial charge in [-0.05, 0) is 20.3 Å². The standard InChI is InChI=1S/C15H22N6O/c1-11-9-16-12(2)15(17-11)21-6-4-5-20(7-8-21)10-14-18-13(3)22-19-14/h9H,4-8,10H2,1-3H3. The molecule has 2 aromatic rings. The van der Waals surface area contributed by atoms with Crippen LogP contribution in [0.15, 0.2) is 10.7 Å². The van der Waals surface area contributed by atoms with Crippen molar-refractivity contribution in [1.29, 1.82) is 0 Å². The lowest BCUT2D eigenvalue weighted by Gasteiger charge is -2.23. The normalized spacial score (nSPS) is 16.8. The molecule has 0 radical (unpaired) electrons. The van der Waals surface area contributed by atoms with Crippen LogP contribution < -0.4 is 4.90 Å². The Kier molecular flexibility index (Phi) is 4.33. The number of aryl methyl sites for hydroxylation is 3. The minimum atomic E-state index is 0.622. The van der Waals surface area contributed by atoms with Gasteiger partial charge >= 0.3 is 0 Å². The van der Waals surface area contributed by atoms with Gasteiger partial charge in [0, 0.05) is 39.3 Å². The van der Waals surface area contributed by atoms with Crippen molar-refractivity contribution >= 4 is 5.82 Å². The van der Waals surface area contributed by atoms with Crippen LogP contribution in [0.4, 0.5) is 5.82 Å². The highest BCUT2D eigenvalue weighted by molar-refractivity contribution is 5.43. The van der Waals surface area contributed by atoms with Crippen LogP contribution in [0.3, 0.4) is 0 Å². The molecule has 22 heavy (non-hydrogen) atoms. The summed E-state index contributed by atoms with van der Waals surface area (Å²) in [5, 5.41) is 3.98. The molecule has 1 aliphatic rings. The van der Waals surface area contributed by atoms with Gasteiger partial charge in [-0.1, -0.05) is 5.16 Å². The van der Waals surface area contributed by atoms with Crippen molar-refractivity contribution in [3.8, 4) is 0 Å². The Balaban J connectivity index is 1.65. The van der Waals surface area contributed by atoms with E-state index < -0.39 is 0 Å². The Morgan fingerprint density at radius 1 is 1.09 bits per heavy atom. The van der Waals surface area contributed by atoms with E-state index in [1.54, 1.807) is 0 Å². The van der Waals surface area contributed by atoms with Crippen molar-refractivity contribution in [3.63, 3.8) is 0 Å². The second-order valence-electron chi connectivity index (χ2n) is 5.77. The maximum absolute atomic E-state index is 5.04. The molecule has 2 aromatic heterocycles. The van der Waals surface area contributed by atoms with Crippen LogP contribution in [0.5, 0.6) is 0 Å². The first-order chi connectivity index (χ1) is 10.6.